The summed E-state index contributed by atoms with van der Waals surface area (Å²) in [5, 5.41) is 9.13. The first-order valence-electron chi connectivity index (χ1n) is 9.90. The second kappa shape index (κ2) is 9.67. The van der Waals surface area contributed by atoms with Gasteiger partial charge in [0.15, 0.2) is 0 Å². The topological polar surface area (TPSA) is 56.3 Å². The highest BCUT2D eigenvalue weighted by atomic mass is 16.5. The Kier molecular flexibility index (Phi) is 7.00. The summed E-state index contributed by atoms with van der Waals surface area (Å²) in [6.45, 7) is 7.17. The van der Waals surface area contributed by atoms with Crippen molar-refractivity contribution in [3.8, 4) is 5.75 Å². The lowest BCUT2D eigenvalue weighted by Crippen LogP contribution is -2.34. The van der Waals surface area contributed by atoms with E-state index in [2.05, 4.69) is 21.9 Å². The average Bonchev–Trinajstić information content (AvgIpc) is 2.93. The van der Waals surface area contributed by atoms with Crippen LogP contribution >= 0.6 is 0 Å². The molecule has 2 saturated heterocycles. The molecule has 1 amide bonds. The number of likely N-dealkylation sites (tertiary alicyclic amines) is 1. The Balaban J connectivity index is 1.41. The summed E-state index contributed by atoms with van der Waals surface area (Å²) in [6, 6.07) is 8.21. The number of hydrogen-bond donors (Lipinski definition) is 1. The Morgan fingerprint density at radius 2 is 1.69 bits per heavy atom. The third-order valence-corrected chi connectivity index (χ3v) is 5.30. The normalized spacial score (nSPS) is 19.2. The summed E-state index contributed by atoms with van der Waals surface area (Å²) in [5.74, 6) is 0.911. The molecule has 144 valence electrons. The molecule has 2 aliphatic heterocycles. The summed E-state index contributed by atoms with van der Waals surface area (Å²) >= 11 is 0. The van der Waals surface area contributed by atoms with Crippen molar-refractivity contribution in [2.45, 2.75) is 32.1 Å². The van der Waals surface area contributed by atoms with Gasteiger partial charge >= 0.3 is 6.09 Å². The number of carboxylic acid groups (broad SMARTS) is 1. The second-order valence-corrected chi connectivity index (χ2v) is 7.21. The predicted octanol–water partition coefficient (Wildman–Crippen LogP) is 3.13. The zero-order valence-corrected chi connectivity index (χ0v) is 15.6. The minimum absolute atomic E-state index is 0.560. The maximum Gasteiger partial charge on any atom is 0.407 e. The van der Waals surface area contributed by atoms with Crippen molar-refractivity contribution in [3.05, 3.63) is 24.3 Å². The van der Waals surface area contributed by atoms with Crippen LogP contribution in [0.25, 0.3) is 0 Å². The quantitative estimate of drug-likeness (QED) is 0.789. The maximum atomic E-state index is 11.1. The zero-order chi connectivity index (χ0) is 18.2. The number of carbonyl (C=O) groups is 1. The van der Waals surface area contributed by atoms with Gasteiger partial charge in [-0.2, -0.15) is 0 Å². The smallest absolute Gasteiger partial charge is 0.407 e. The zero-order valence-electron chi connectivity index (χ0n) is 15.6. The summed E-state index contributed by atoms with van der Waals surface area (Å²) in [7, 11) is 0. The molecule has 0 saturated carbocycles. The lowest BCUT2D eigenvalue weighted by molar-refractivity contribution is 0.148. The Bertz CT molecular complexity index is 558. The summed E-state index contributed by atoms with van der Waals surface area (Å²) in [6.07, 6.45) is 5.16. The molecular weight excluding hydrogens is 330 g/mol. The van der Waals surface area contributed by atoms with Crippen LogP contribution in [0.4, 0.5) is 10.5 Å². The molecule has 0 spiro atoms. The maximum absolute atomic E-state index is 11.1. The van der Waals surface area contributed by atoms with Crippen molar-refractivity contribution < 1.29 is 14.6 Å². The largest absolute Gasteiger partial charge is 0.494 e. The molecule has 0 aromatic heterocycles. The SMILES string of the molecule is O=C(O)N1CCCN(c2ccc(OCCCN3CCCCC3)cc2)CC1. The monoisotopic (exact) mass is 361 g/mol. The van der Waals surface area contributed by atoms with Crippen LogP contribution in [0.15, 0.2) is 24.3 Å². The first-order chi connectivity index (χ1) is 12.7. The first-order valence-corrected chi connectivity index (χ1v) is 9.90. The van der Waals surface area contributed by atoms with E-state index in [9.17, 15) is 4.79 Å². The standard InChI is InChI=1S/C20H31N3O3/c24-20(25)23-14-4-13-22(15-16-23)18-6-8-19(9-7-18)26-17-5-12-21-10-2-1-3-11-21/h6-9H,1-5,10-17H2,(H,24,25). The minimum atomic E-state index is -0.819. The fourth-order valence-electron chi connectivity index (χ4n) is 3.78. The highest BCUT2D eigenvalue weighted by Gasteiger charge is 2.18. The van der Waals surface area contributed by atoms with Crippen LogP contribution < -0.4 is 9.64 Å². The fraction of sp³-hybridized carbons (Fsp3) is 0.650. The Morgan fingerprint density at radius 1 is 0.923 bits per heavy atom. The number of benzene rings is 1. The van der Waals surface area contributed by atoms with Gasteiger partial charge in [0.05, 0.1) is 6.61 Å². The number of rotatable bonds is 6. The van der Waals surface area contributed by atoms with E-state index in [4.69, 9.17) is 9.84 Å². The van der Waals surface area contributed by atoms with E-state index >= 15 is 0 Å². The number of ether oxygens (including phenoxy) is 1. The second-order valence-electron chi connectivity index (χ2n) is 7.21. The molecule has 0 radical (unpaired) electrons. The number of amides is 1. The molecule has 1 aromatic rings. The van der Waals surface area contributed by atoms with E-state index < -0.39 is 6.09 Å². The molecule has 2 heterocycles. The fourth-order valence-corrected chi connectivity index (χ4v) is 3.78. The van der Waals surface area contributed by atoms with Gasteiger partial charge < -0.3 is 24.5 Å². The van der Waals surface area contributed by atoms with Gasteiger partial charge in [-0.15, -0.1) is 0 Å². The molecule has 26 heavy (non-hydrogen) atoms. The number of hydrogen-bond acceptors (Lipinski definition) is 4. The molecule has 3 rings (SSSR count). The predicted molar refractivity (Wildman–Crippen MR) is 103 cm³/mol. The van der Waals surface area contributed by atoms with Crippen molar-refractivity contribution in [2.24, 2.45) is 0 Å². The first kappa shape index (κ1) is 18.8. The summed E-state index contributed by atoms with van der Waals surface area (Å²) in [5.41, 5.74) is 1.14. The molecule has 1 N–H and O–H groups in total. The molecule has 6 nitrogen and oxygen atoms in total. The third-order valence-electron chi connectivity index (χ3n) is 5.30. The van der Waals surface area contributed by atoms with E-state index in [0.717, 1.165) is 50.5 Å². The van der Waals surface area contributed by atoms with Crippen LogP contribution in [0.3, 0.4) is 0 Å². The van der Waals surface area contributed by atoms with Gasteiger partial charge in [-0.1, -0.05) is 6.42 Å². The molecule has 2 aliphatic rings. The van der Waals surface area contributed by atoms with Crippen LogP contribution in [0.2, 0.25) is 0 Å². The van der Waals surface area contributed by atoms with Gasteiger partial charge in [0.1, 0.15) is 5.75 Å². The molecule has 0 bridgehead atoms. The van der Waals surface area contributed by atoms with Gasteiger partial charge in [-0.05, 0) is 63.0 Å². The van der Waals surface area contributed by atoms with Crippen LogP contribution in [-0.4, -0.2) is 73.4 Å². The molecule has 1 aromatic carbocycles. The summed E-state index contributed by atoms with van der Waals surface area (Å²) < 4.78 is 5.88. The number of piperidine rings is 1. The van der Waals surface area contributed by atoms with Gasteiger partial charge in [0.25, 0.3) is 0 Å². The number of nitrogens with zero attached hydrogens (tertiary/aromatic N) is 3. The van der Waals surface area contributed by atoms with Crippen LogP contribution in [-0.2, 0) is 0 Å². The van der Waals surface area contributed by atoms with Gasteiger partial charge in [-0.3, -0.25) is 0 Å². The van der Waals surface area contributed by atoms with E-state index in [1.165, 1.54) is 37.3 Å². The molecule has 6 heteroatoms. The van der Waals surface area contributed by atoms with E-state index in [0.29, 0.717) is 13.1 Å². The van der Waals surface area contributed by atoms with E-state index in [1.54, 1.807) is 0 Å². The van der Waals surface area contributed by atoms with Crippen LogP contribution in [0.1, 0.15) is 32.1 Å². The lowest BCUT2D eigenvalue weighted by Gasteiger charge is -2.26. The minimum Gasteiger partial charge on any atom is -0.494 e. The van der Waals surface area contributed by atoms with Crippen molar-refractivity contribution in [3.63, 3.8) is 0 Å². The van der Waals surface area contributed by atoms with Crippen LogP contribution in [0, 0.1) is 0 Å². The van der Waals surface area contributed by atoms with E-state index in [-0.39, 0.29) is 0 Å². The van der Waals surface area contributed by atoms with Gasteiger partial charge in [-0.25, -0.2) is 4.79 Å². The van der Waals surface area contributed by atoms with Gasteiger partial charge in [0, 0.05) is 38.4 Å². The Morgan fingerprint density at radius 3 is 2.42 bits per heavy atom. The van der Waals surface area contributed by atoms with Crippen molar-refractivity contribution in [1.82, 2.24) is 9.80 Å². The summed E-state index contributed by atoms with van der Waals surface area (Å²) in [4.78, 5) is 17.4. The molecule has 0 unspecified atom stereocenters. The number of anilines is 1. The Hall–Kier alpha value is -1.95. The average molecular weight is 361 g/mol. The van der Waals surface area contributed by atoms with Crippen molar-refractivity contribution in [2.75, 3.05) is 57.3 Å². The van der Waals surface area contributed by atoms with Crippen molar-refractivity contribution >= 4 is 11.8 Å². The molecule has 0 aliphatic carbocycles. The van der Waals surface area contributed by atoms with Gasteiger partial charge in [0.2, 0.25) is 0 Å². The molecule has 2 fully saturated rings. The highest BCUT2D eigenvalue weighted by Crippen LogP contribution is 2.21. The molecule has 0 atom stereocenters. The molecular formula is C20H31N3O3. The van der Waals surface area contributed by atoms with Crippen LogP contribution in [0.5, 0.6) is 5.75 Å². The lowest BCUT2D eigenvalue weighted by atomic mass is 10.1. The Labute approximate surface area is 156 Å². The van der Waals surface area contributed by atoms with Crippen molar-refractivity contribution in [1.29, 1.82) is 0 Å². The van der Waals surface area contributed by atoms with E-state index in [1.807, 2.05) is 12.1 Å². The third kappa shape index (κ3) is 5.53. The highest BCUT2D eigenvalue weighted by molar-refractivity contribution is 5.65.